The molecule has 0 aliphatic heterocycles. The van der Waals surface area contributed by atoms with Crippen LogP contribution in [0.25, 0.3) is 6.08 Å². The number of rotatable bonds is 4. The first-order valence-electron chi connectivity index (χ1n) is 7.49. The SMILES string of the molecule is CCCC1CCC(c2ccc(/C=C/C#N)cc2)CC1. The lowest BCUT2D eigenvalue weighted by atomic mass is 9.77. The Hall–Kier alpha value is -1.55. The second kappa shape index (κ2) is 7.14. The molecule has 0 bridgehead atoms. The average molecular weight is 253 g/mol. The molecule has 0 aromatic heterocycles. The van der Waals surface area contributed by atoms with Crippen LogP contribution in [-0.2, 0) is 0 Å². The Kier molecular flexibility index (Phi) is 5.21. The maximum Gasteiger partial charge on any atom is 0.0912 e. The second-order valence-corrected chi connectivity index (χ2v) is 5.64. The predicted octanol–water partition coefficient (Wildman–Crippen LogP) is 5.30. The van der Waals surface area contributed by atoms with Gasteiger partial charge < -0.3 is 0 Å². The molecule has 0 N–H and O–H groups in total. The minimum Gasteiger partial charge on any atom is -0.193 e. The van der Waals surface area contributed by atoms with Crippen molar-refractivity contribution < 1.29 is 0 Å². The molecule has 0 unspecified atom stereocenters. The van der Waals surface area contributed by atoms with Crippen LogP contribution >= 0.6 is 0 Å². The maximum absolute atomic E-state index is 8.52. The number of hydrogen-bond acceptors (Lipinski definition) is 1. The van der Waals surface area contributed by atoms with E-state index in [4.69, 9.17) is 5.26 Å². The molecular weight excluding hydrogens is 230 g/mol. The second-order valence-electron chi connectivity index (χ2n) is 5.64. The number of hydrogen-bond donors (Lipinski definition) is 0. The summed E-state index contributed by atoms with van der Waals surface area (Å²) in [5.74, 6) is 1.72. The zero-order chi connectivity index (χ0) is 13.5. The summed E-state index contributed by atoms with van der Waals surface area (Å²) in [5, 5.41) is 8.52. The van der Waals surface area contributed by atoms with Crippen molar-refractivity contribution in [2.24, 2.45) is 5.92 Å². The van der Waals surface area contributed by atoms with Crippen molar-refractivity contribution in [3.8, 4) is 6.07 Å². The van der Waals surface area contributed by atoms with Crippen LogP contribution in [-0.4, -0.2) is 0 Å². The quantitative estimate of drug-likeness (QED) is 0.668. The molecule has 1 heteroatoms. The molecule has 1 aromatic carbocycles. The Balaban J connectivity index is 1.93. The molecule has 1 aromatic rings. The molecule has 1 saturated carbocycles. The van der Waals surface area contributed by atoms with Gasteiger partial charge in [0.2, 0.25) is 0 Å². The average Bonchev–Trinajstić information content (AvgIpc) is 2.47. The first-order valence-corrected chi connectivity index (χ1v) is 7.49. The zero-order valence-corrected chi connectivity index (χ0v) is 11.8. The normalized spacial score (nSPS) is 23.4. The third kappa shape index (κ3) is 3.96. The summed E-state index contributed by atoms with van der Waals surface area (Å²) in [7, 11) is 0. The minimum atomic E-state index is 0.752. The first kappa shape index (κ1) is 13.9. The molecule has 1 aliphatic rings. The number of nitriles is 1. The van der Waals surface area contributed by atoms with Crippen molar-refractivity contribution in [1.82, 2.24) is 0 Å². The Labute approximate surface area is 117 Å². The van der Waals surface area contributed by atoms with E-state index in [9.17, 15) is 0 Å². The van der Waals surface area contributed by atoms with Crippen LogP contribution in [0.1, 0.15) is 62.5 Å². The summed E-state index contributed by atoms with van der Waals surface area (Å²) in [6.45, 7) is 2.29. The van der Waals surface area contributed by atoms with Crippen LogP contribution in [0, 0.1) is 17.2 Å². The molecule has 0 atom stereocenters. The highest BCUT2D eigenvalue weighted by molar-refractivity contribution is 5.52. The Morgan fingerprint density at radius 2 is 1.84 bits per heavy atom. The molecule has 1 fully saturated rings. The molecule has 0 heterocycles. The van der Waals surface area contributed by atoms with Crippen molar-refractivity contribution in [1.29, 1.82) is 5.26 Å². The van der Waals surface area contributed by atoms with Gasteiger partial charge in [-0.15, -0.1) is 0 Å². The lowest BCUT2D eigenvalue weighted by Crippen LogP contribution is -2.13. The van der Waals surface area contributed by atoms with Crippen LogP contribution in [0.5, 0.6) is 0 Å². The molecule has 19 heavy (non-hydrogen) atoms. The van der Waals surface area contributed by atoms with Crippen molar-refractivity contribution in [3.63, 3.8) is 0 Å². The maximum atomic E-state index is 8.52. The monoisotopic (exact) mass is 253 g/mol. The number of nitrogens with zero attached hydrogens (tertiary/aromatic N) is 1. The van der Waals surface area contributed by atoms with E-state index in [1.807, 2.05) is 12.1 Å². The largest absolute Gasteiger partial charge is 0.193 e. The summed E-state index contributed by atoms with van der Waals surface area (Å²) in [5.41, 5.74) is 2.59. The third-order valence-electron chi connectivity index (χ3n) is 4.30. The van der Waals surface area contributed by atoms with Crippen molar-refractivity contribution >= 4 is 6.08 Å². The van der Waals surface area contributed by atoms with Gasteiger partial charge in [0, 0.05) is 6.08 Å². The van der Waals surface area contributed by atoms with E-state index >= 15 is 0 Å². The molecule has 0 spiro atoms. The van der Waals surface area contributed by atoms with Gasteiger partial charge in [-0.1, -0.05) is 44.0 Å². The van der Waals surface area contributed by atoms with Crippen LogP contribution < -0.4 is 0 Å². The minimum absolute atomic E-state index is 0.752. The summed E-state index contributed by atoms with van der Waals surface area (Å²) in [6, 6.07) is 10.8. The number of benzene rings is 1. The summed E-state index contributed by atoms with van der Waals surface area (Å²) < 4.78 is 0. The molecule has 0 saturated heterocycles. The Bertz CT molecular complexity index is 442. The predicted molar refractivity (Wildman–Crippen MR) is 80.7 cm³/mol. The standard InChI is InChI=1S/C18H23N/c1-2-4-15-6-10-17(11-7-15)18-12-8-16(9-13-18)5-3-14-19/h3,5,8-9,12-13,15,17H,2,4,6-7,10-11H2,1H3/b5-3+. The van der Waals surface area contributed by atoms with Crippen molar-refractivity contribution in [3.05, 3.63) is 41.5 Å². The van der Waals surface area contributed by atoms with Crippen LogP contribution in [0.2, 0.25) is 0 Å². The topological polar surface area (TPSA) is 23.8 Å². The van der Waals surface area contributed by atoms with E-state index in [0.717, 1.165) is 17.4 Å². The van der Waals surface area contributed by atoms with Crippen molar-refractivity contribution in [2.45, 2.75) is 51.4 Å². The molecule has 0 radical (unpaired) electrons. The molecular formula is C18H23N. The van der Waals surface area contributed by atoms with Gasteiger partial charge in [-0.3, -0.25) is 0 Å². The van der Waals surface area contributed by atoms with Crippen molar-refractivity contribution in [2.75, 3.05) is 0 Å². The van der Waals surface area contributed by atoms with Gasteiger partial charge >= 0.3 is 0 Å². The Morgan fingerprint density at radius 3 is 2.42 bits per heavy atom. The first-order chi connectivity index (χ1) is 9.33. The molecule has 2 rings (SSSR count). The van der Waals surface area contributed by atoms with E-state index in [1.54, 1.807) is 0 Å². The highest BCUT2D eigenvalue weighted by Crippen LogP contribution is 2.37. The van der Waals surface area contributed by atoms with Gasteiger partial charge in [-0.05, 0) is 54.7 Å². The summed E-state index contributed by atoms with van der Waals surface area (Å²) in [4.78, 5) is 0. The van der Waals surface area contributed by atoms with E-state index < -0.39 is 0 Å². The van der Waals surface area contributed by atoms with Crippen LogP contribution in [0.15, 0.2) is 30.3 Å². The van der Waals surface area contributed by atoms with Gasteiger partial charge in [-0.2, -0.15) is 5.26 Å². The number of allylic oxidation sites excluding steroid dienone is 1. The van der Waals surface area contributed by atoms with Gasteiger partial charge in [0.05, 0.1) is 6.07 Å². The fourth-order valence-electron chi connectivity index (χ4n) is 3.21. The fraction of sp³-hybridized carbons (Fsp3) is 0.500. The van der Waals surface area contributed by atoms with E-state index in [-0.39, 0.29) is 0 Å². The zero-order valence-electron chi connectivity index (χ0n) is 11.8. The van der Waals surface area contributed by atoms with Gasteiger partial charge in [0.25, 0.3) is 0 Å². The van der Waals surface area contributed by atoms with Gasteiger partial charge in [0.1, 0.15) is 0 Å². The third-order valence-corrected chi connectivity index (χ3v) is 4.30. The van der Waals surface area contributed by atoms with E-state index in [0.29, 0.717) is 0 Å². The molecule has 1 aliphatic carbocycles. The highest BCUT2D eigenvalue weighted by Gasteiger charge is 2.21. The van der Waals surface area contributed by atoms with Crippen LogP contribution in [0.3, 0.4) is 0 Å². The highest BCUT2D eigenvalue weighted by atomic mass is 14.3. The molecule has 0 amide bonds. The molecule has 100 valence electrons. The van der Waals surface area contributed by atoms with E-state index in [2.05, 4.69) is 31.2 Å². The lowest BCUT2D eigenvalue weighted by molar-refractivity contribution is 0.308. The fourth-order valence-corrected chi connectivity index (χ4v) is 3.21. The smallest absolute Gasteiger partial charge is 0.0912 e. The van der Waals surface area contributed by atoms with Crippen LogP contribution in [0.4, 0.5) is 0 Å². The summed E-state index contributed by atoms with van der Waals surface area (Å²) >= 11 is 0. The summed E-state index contributed by atoms with van der Waals surface area (Å²) in [6.07, 6.45) is 11.6. The van der Waals surface area contributed by atoms with E-state index in [1.165, 1.54) is 50.2 Å². The van der Waals surface area contributed by atoms with Gasteiger partial charge in [0.15, 0.2) is 0 Å². The Morgan fingerprint density at radius 1 is 1.16 bits per heavy atom. The van der Waals surface area contributed by atoms with Gasteiger partial charge in [-0.25, -0.2) is 0 Å². The molecule has 1 nitrogen and oxygen atoms in total. The lowest BCUT2D eigenvalue weighted by Gasteiger charge is -2.28.